The number of nitrogens with one attached hydrogen (secondary N) is 4. The summed E-state index contributed by atoms with van der Waals surface area (Å²) in [6.07, 6.45) is 44.3. The number of carbonyl (C=O) groups excluding carboxylic acids is 4. The van der Waals surface area contributed by atoms with Gasteiger partial charge in [-0.2, -0.15) is 0 Å². The van der Waals surface area contributed by atoms with Crippen molar-refractivity contribution in [1.82, 2.24) is 19.9 Å². The van der Waals surface area contributed by atoms with Crippen molar-refractivity contribution in [3.8, 4) is 44.5 Å². The number of amides is 2. The Labute approximate surface area is 640 Å². The number of fused-ring (bicyclic) bond motifs is 9. The zero-order valence-electron chi connectivity index (χ0n) is 64.5. The molecule has 0 atom stereocenters. The first-order chi connectivity index (χ1) is 52.4. The molecule has 10 nitrogen and oxygen atoms in total. The molecule has 0 fully saturated rings. The van der Waals surface area contributed by atoms with Gasteiger partial charge >= 0.3 is 0 Å². The molecule has 9 aromatic rings. The van der Waals surface area contributed by atoms with Crippen LogP contribution in [0, 0.1) is 47.0 Å². The minimum absolute atomic E-state index is 0.203. The molecule has 8 bridgehead atoms. The molecule has 10 heteroatoms. The third kappa shape index (κ3) is 17.0. The third-order valence-electron chi connectivity index (χ3n) is 20.7. The largest absolute Gasteiger partial charge is 0.354 e. The van der Waals surface area contributed by atoms with E-state index in [4.69, 9.17) is 9.97 Å². The fourth-order valence-corrected chi connectivity index (χ4v) is 15.3. The zero-order chi connectivity index (χ0) is 76.8. The number of nitrogens with zero attached hydrogens (tertiary/aromatic N) is 2. The number of carbonyl (C=O) groups is 4. The van der Waals surface area contributed by atoms with E-state index in [9.17, 15) is 19.2 Å². The Kier molecular flexibility index (Phi) is 22.0. The van der Waals surface area contributed by atoms with Crippen LogP contribution in [0.2, 0.25) is 0 Å². The van der Waals surface area contributed by atoms with E-state index in [1.807, 2.05) is 72.8 Å². The number of aryl methyl sites for hydroxylation is 6. The molecule has 109 heavy (non-hydrogen) atoms. The Hall–Kier alpha value is -12.7. The number of ketones is 2. The number of hydrogen-bond donors (Lipinski definition) is 4. The van der Waals surface area contributed by atoms with Gasteiger partial charge in [0.2, 0.25) is 0 Å². The van der Waals surface area contributed by atoms with Crippen molar-refractivity contribution >= 4 is 87.2 Å². The molecule has 0 spiro atoms. The SMILES string of the molecule is CC1=C(/C=C/C(C)=C/C=C/C(C)=C/C=C/C=C(C)/C=C/C=C(C)/C=C/c2ccc(C(=O)Nc3ccc(-c4c5nc(c(-c6c(C)cc(C)cc6C)c6ccc([nH]6)c(-c6ccc(NC(=O)c7ccc8c(c7)C(=O)C=CC8=O)cc6)c6nc(c(-c7c(C)cc(C)cc7C)c7ccc4[nH]7)C=C6)C=C5)cc3)cc2)C(C)(C)CCC1. The predicted octanol–water partition coefficient (Wildman–Crippen LogP) is 25.2. The van der Waals surface area contributed by atoms with Crippen molar-refractivity contribution < 1.29 is 19.2 Å². The maximum atomic E-state index is 14.0. The van der Waals surface area contributed by atoms with Crippen LogP contribution in [-0.2, 0) is 0 Å². The van der Waals surface area contributed by atoms with Crippen molar-refractivity contribution in [2.75, 3.05) is 10.6 Å². The first-order valence-corrected chi connectivity index (χ1v) is 37.4. The fourth-order valence-electron chi connectivity index (χ4n) is 15.3. The second-order valence-corrected chi connectivity index (χ2v) is 29.9. The molecule has 2 aliphatic heterocycles. The number of benzene rings is 6. The van der Waals surface area contributed by atoms with Crippen molar-refractivity contribution in [3.63, 3.8) is 0 Å². The average molecular weight is 1430 g/mol. The maximum absolute atomic E-state index is 14.0. The van der Waals surface area contributed by atoms with Crippen molar-refractivity contribution in [2.45, 2.75) is 109 Å². The standard InChI is InChI=1S/C99H92N6O4/c1-60(19-14-15-20-61(2)22-17-24-63(4)27-43-80-66(7)25-18-54-99(80,12)13)21-16-23-62(3)26-28-71-29-31-74(32-30-71)97(108)100-76-38-33-72(34-39-76)93-81-44-48-85(102-81)95(91-67(8)55-64(5)56-68(91)9)87-50-46-83(104-87)94(73-35-40-77(41-36-73)101-98(109)75-37-42-78-79(59-75)90(107)53-52-89(78)106)84-47-51-88(105-84)96(86-49-45-82(93)103-86)92-69(10)57-65(6)58-70(92)11/h14-17,19-24,26-53,55-59,102,105H,18,25,54H2,1-13H3,(H,100,108)(H,101,109)/b15-14+,21-16+,22-17+,28-26+,43-27+,60-19+,61-20+,62-23+,63-24+,93-81?,93-82?,94-83?,94-84?,95-85?,95-87?,96-86?,96-88?. The van der Waals surface area contributed by atoms with Gasteiger partial charge in [0, 0.05) is 77.9 Å². The Morgan fingerprint density at radius 3 is 1.27 bits per heavy atom. The van der Waals surface area contributed by atoms with E-state index in [2.05, 4.69) is 269 Å². The van der Waals surface area contributed by atoms with Gasteiger partial charge in [-0.05, 0) is 272 Å². The Bertz CT molecular complexity index is 5730. The lowest BCUT2D eigenvalue weighted by molar-refractivity contribution is 0.0992. The van der Waals surface area contributed by atoms with Crippen LogP contribution in [0.25, 0.3) is 97.0 Å². The van der Waals surface area contributed by atoms with Crippen LogP contribution in [-0.4, -0.2) is 43.3 Å². The minimum Gasteiger partial charge on any atom is -0.354 e. The molecule has 2 amide bonds. The lowest BCUT2D eigenvalue weighted by Gasteiger charge is -2.32. The highest BCUT2D eigenvalue weighted by molar-refractivity contribution is 6.23. The number of allylic oxidation sites excluding steroid dienone is 21. The van der Waals surface area contributed by atoms with Crippen LogP contribution in [0.5, 0.6) is 0 Å². The summed E-state index contributed by atoms with van der Waals surface area (Å²) in [5.41, 5.74) is 31.9. The van der Waals surface area contributed by atoms with E-state index in [0.29, 0.717) is 16.9 Å². The van der Waals surface area contributed by atoms with Crippen LogP contribution in [0.4, 0.5) is 11.4 Å². The van der Waals surface area contributed by atoms with Crippen molar-refractivity contribution in [1.29, 1.82) is 0 Å². The van der Waals surface area contributed by atoms with Gasteiger partial charge in [0.05, 0.1) is 22.8 Å². The quantitative estimate of drug-likeness (QED) is 0.0629. The molecule has 0 saturated heterocycles. The van der Waals surface area contributed by atoms with Gasteiger partial charge in [0.1, 0.15) is 0 Å². The topological polar surface area (TPSA) is 150 Å². The number of H-pyrrole nitrogens is 2. The lowest BCUT2D eigenvalue weighted by Crippen LogP contribution is -2.19. The minimum atomic E-state index is -0.415. The van der Waals surface area contributed by atoms with Gasteiger partial charge in [0.25, 0.3) is 11.8 Å². The molecule has 6 aromatic carbocycles. The monoisotopic (exact) mass is 1430 g/mol. The summed E-state index contributed by atoms with van der Waals surface area (Å²) in [5, 5.41) is 6.16. The molecule has 2 aliphatic carbocycles. The van der Waals surface area contributed by atoms with Crippen LogP contribution in [0.1, 0.15) is 171 Å². The highest BCUT2D eigenvalue weighted by atomic mass is 16.2. The van der Waals surface area contributed by atoms with Gasteiger partial charge in [-0.1, -0.05) is 199 Å². The van der Waals surface area contributed by atoms with Gasteiger partial charge < -0.3 is 20.6 Å². The van der Waals surface area contributed by atoms with Crippen LogP contribution in [0.3, 0.4) is 0 Å². The van der Waals surface area contributed by atoms with E-state index in [1.54, 1.807) is 6.07 Å². The summed E-state index contributed by atoms with van der Waals surface area (Å²) in [6.45, 7) is 28.3. The molecule has 542 valence electrons. The first kappa shape index (κ1) is 74.6. The average Bonchev–Trinajstić information content (AvgIpc) is 1.62. The molecular formula is C99H92N6O4. The second kappa shape index (κ2) is 32.2. The van der Waals surface area contributed by atoms with E-state index in [-0.39, 0.29) is 39.6 Å². The van der Waals surface area contributed by atoms with E-state index in [1.165, 1.54) is 65.8 Å². The van der Waals surface area contributed by atoms with Crippen molar-refractivity contribution in [3.05, 3.63) is 348 Å². The molecule has 0 radical (unpaired) electrons. The van der Waals surface area contributed by atoms with Gasteiger partial charge in [-0.25, -0.2) is 9.97 Å². The highest BCUT2D eigenvalue weighted by Crippen LogP contribution is 2.44. The number of aromatic amines is 2. The number of aromatic nitrogens is 4. The summed E-state index contributed by atoms with van der Waals surface area (Å²) < 4.78 is 0. The Morgan fingerprint density at radius 1 is 0.413 bits per heavy atom. The van der Waals surface area contributed by atoms with Crippen LogP contribution < -0.4 is 10.6 Å². The maximum Gasteiger partial charge on any atom is 0.255 e. The molecule has 0 saturated carbocycles. The van der Waals surface area contributed by atoms with Crippen molar-refractivity contribution in [2.24, 2.45) is 5.41 Å². The summed E-state index contributed by atoms with van der Waals surface area (Å²) in [7, 11) is 0. The van der Waals surface area contributed by atoms with Gasteiger partial charge in [0.15, 0.2) is 11.6 Å². The van der Waals surface area contributed by atoms with Gasteiger partial charge in [-0.15, -0.1) is 0 Å². The summed E-state index contributed by atoms with van der Waals surface area (Å²) >= 11 is 0. The van der Waals surface area contributed by atoms with E-state index in [0.717, 1.165) is 139 Å². The number of hydrogen-bond acceptors (Lipinski definition) is 6. The van der Waals surface area contributed by atoms with Crippen LogP contribution in [0.15, 0.2) is 264 Å². The Morgan fingerprint density at radius 2 is 0.807 bits per heavy atom. The summed E-state index contributed by atoms with van der Waals surface area (Å²) in [5.74, 6) is -1.23. The van der Waals surface area contributed by atoms with E-state index >= 15 is 0 Å². The normalized spacial score (nSPS) is 14.8. The molecular weight excluding hydrogens is 1340 g/mol. The molecule has 4 N–H and O–H groups in total. The number of anilines is 2. The Balaban J connectivity index is 0.773. The van der Waals surface area contributed by atoms with E-state index < -0.39 is 5.91 Å². The lowest BCUT2D eigenvalue weighted by atomic mass is 9.72. The summed E-state index contributed by atoms with van der Waals surface area (Å²) in [4.78, 5) is 72.1. The molecule has 5 heterocycles. The third-order valence-corrected chi connectivity index (χ3v) is 20.7. The molecule has 4 aliphatic rings. The number of rotatable bonds is 18. The molecule has 13 rings (SSSR count). The molecule has 3 aromatic heterocycles. The summed E-state index contributed by atoms with van der Waals surface area (Å²) in [6, 6.07) is 45.2. The molecule has 0 unspecified atom stereocenters. The van der Waals surface area contributed by atoms with Crippen LogP contribution >= 0.6 is 0 Å². The first-order valence-electron chi connectivity index (χ1n) is 37.4. The second-order valence-electron chi connectivity index (χ2n) is 29.9. The highest BCUT2D eigenvalue weighted by Gasteiger charge is 2.28. The van der Waals surface area contributed by atoms with Gasteiger partial charge in [-0.3, -0.25) is 19.2 Å². The smallest absolute Gasteiger partial charge is 0.255 e. The fraction of sp³-hybridized carbons (Fsp3) is 0.172. The predicted molar refractivity (Wildman–Crippen MR) is 457 cm³/mol. The zero-order valence-corrected chi connectivity index (χ0v) is 64.5.